The topological polar surface area (TPSA) is 44.5 Å². The Morgan fingerprint density at radius 1 is 1.33 bits per heavy atom. The Labute approximate surface area is 129 Å². The maximum Gasteiger partial charge on any atom is 0.129 e. The number of benzene rings is 2. The number of rotatable bonds is 4. The summed E-state index contributed by atoms with van der Waals surface area (Å²) < 4.78 is 11.5. The van der Waals surface area contributed by atoms with Crippen molar-refractivity contribution < 1.29 is 9.47 Å². The van der Waals surface area contributed by atoms with E-state index in [-0.39, 0.29) is 6.04 Å². The lowest BCUT2D eigenvalue weighted by Crippen LogP contribution is -2.05. The number of nitrogens with two attached hydrogens (primary N) is 1. The van der Waals surface area contributed by atoms with Gasteiger partial charge in [0.2, 0.25) is 0 Å². The number of ether oxygens (including phenoxy) is 2. The molecule has 1 atom stereocenters. The summed E-state index contributed by atoms with van der Waals surface area (Å²) >= 11 is 6.15. The monoisotopic (exact) mass is 303 g/mol. The summed E-state index contributed by atoms with van der Waals surface area (Å²) in [5.74, 6) is 1.72. The van der Waals surface area contributed by atoms with Crippen molar-refractivity contribution >= 4 is 11.6 Å². The highest BCUT2D eigenvalue weighted by molar-refractivity contribution is 6.30. The highest BCUT2D eigenvalue weighted by Crippen LogP contribution is 2.33. The molecule has 1 aliphatic heterocycles. The Balaban J connectivity index is 1.78. The molecule has 0 saturated heterocycles. The predicted molar refractivity (Wildman–Crippen MR) is 84.0 cm³/mol. The molecule has 1 aliphatic rings. The van der Waals surface area contributed by atoms with E-state index in [1.807, 2.05) is 43.3 Å². The van der Waals surface area contributed by atoms with Crippen molar-refractivity contribution in [3.05, 3.63) is 58.1 Å². The smallest absolute Gasteiger partial charge is 0.129 e. The van der Waals surface area contributed by atoms with Gasteiger partial charge >= 0.3 is 0 Å². The molecule has 0 fully saturated rings. The summed E-state index contributed by atoms with van der Waals surface area (Å²) in [4.78, 5) is 0. The second-order valence-electron chi connectivity index (χ2n) is 5.30. The minimum absolute atomic E-state index is 0.00713. The van der Waals surface area contributed by atoms with Crippen molar-refractivity contribution in [3.63, 3.8) is 0 Å². The van der Waals surface area contributed by atoms with E-state index in [1.165, 1.54) is 0 Å². The SMILES string of the molecule is C[C@H](N)c1cccc(OCc2cc(Cl)cc3c2OCC3)c1. The lowest BCUT2D eigenvalue weighted by molar-refractivity contribution is 0.291. The summed E-state index contributed by atoms with van der Waals surface area (Å²) in [5, 5.41) is 0.724. The van der Waals surface area contributed by atoms with Crippen LogP contribution < -0.4 is 15.2 Å². The van der Waals surface area contributed by atoms with Gasteiger partial charge in [-0.15, -0.1) is 0 Å². The zero-order chi connectivity index (χ0) is 14.8. The minimum Gasteiger partial charge on any atom is -0.493 e. The van der Waals surface area contributed by atoms with Crippen LogP contribution in [0.2, 0.25) is 5.02 Å². The van der Waals surface area contributed by atoms with Gasteiger partial charge in [-0.1, -0.05) is 23.7 Å². The molecule has 21 heavy (non-hydrogen) atoms. The first kappa shape index (κ1) is 14.2. The maximum atomic E-state index is 6.15. The van der Waals surface area contributed by atoms with Crippen LogP contribution in [0.5, 0.6) is 11.5 Å². The lowest BCUT2D eigenvalue weighted by atomic mass is 10.1. The number of hydrogen-bond acceptors (Lipinski definition) is 3. The van der Waals surface area contributed by atoms with Crippen molar-refractivity contribution in [2.45, 2.75) is 26.0 Å². The second-order valence-corrected chi connectivity index (χ2v) is 5.74. The molecule has 110 valence electrons. The molecule has 1 heterocycles. The van der Waals surface area contributed by atoms with Crippen molar-refractivity contribution in [3.8, 4) is 11.5 Å². The largest absolute Gasteiger partial charge is 0.493 e. The third-order valence-corrected chi connectivity index (χ3v) is 3.82. The molecule has 0 spiro atoms. The van der Waals surface area contributed by atoms with E-state index in [4.69, 9.17) is 26.8 Å². The van der Waals surface area contributed by atoms with Gasteiger partial charge in [-0.3, -0.25) is 0 Å². The van der Waals surface area contributed by atoms with Crippen molar-refractivity contribution in [1.82, 2.24) is 0 Å². The van der Waals surface area contributed by atoms with Gasteiger partial charge in [-0.05, 0) is 42.3 Å². The Bertz CT molecular complexity index is 655. The first-order valence-corrected chi connectivity index (χ1v) is 7.44. The molecule has 2 N–H and O–H groups in total. The van der Waals surface area contributed by atoms with E-state index in [0.29, 0.717) is 13.2 Å². The third kappa shape index (κ3) is 3.14. The molecule has 3 nitrogen and oxygen atoms in total. The molecule has 3 rings (SSSR count). The summed E-state index contributed by atoms with van der Waals surface area (Å²) in [5.41, 5.74) is 9.09. The van der Waals surface area contributed by atoms with E-state index >= 15 is 0 Å². The zero-order valence-electron chi connectivity index (χ0n) is 11.9. The van der Waals surface area contributed by atoms with Gasteiger partial charge in [0.1, 0.15) is 18.1 Å². The first-order valence-electron chi connectivity index (χ1n) is 7.06. The molecule has 4 heteroatoms. The molecule has 2 aromatic rings. The predicted octanol–water partition coefficient (Wildman–Crippen LogP) is 3.87. The Hall–Kier alpha value is -1.71. The molecule has 2 aromatic carbocycles. The van der Waals surface area contributed by atoms with Crippen LogP contribution in [0.1, 0.15) is 29.7 Å². The lowest BCUT2D eigenvalue weighted by Gasteiger charge is -2.12. The van der Waals surface area contributed by atoms with Gasteiger partial charge in [0, 0.05) is 23.0 Å². The molecule has 0 aromatic heterocycles. The van der Waals surface area contributed by atoms with E-state index in [9.17, 15) is 0 Å². The van der Waals surface area contributed by atoms with Crippen LogP contribution in [0.25, 0.3) is 0 Å². The van der Waals surface area contributed by atoms with Crippen LogP contribution in [-0.4, -0.2) is 6.61 Å². The molecule has 0 amide bonds. The fourth-order valence-corrected chi connectivity index (χ4v) is 2.77. The fraction of sp³-hybridized carbons (Fsp3) is 0.294. The average molecular weight is 304 g/mol. The van der Waals surface area contributed by atoms with E-state index < -0.39 is 0 Å². The van der Waals surface area contributed by atoms with Gasteiger partial charge in [0.25, 0.3) is 0 Å². The van der Waals surface area contributed by atoms with E-state index in [2.05, 4.69) is 0 Å². The first-order chi connectivity index (χ1) is 10.1. The normalized spacial score (nSPS) is 14.4. The van der Waals surface area contributed by atoms with Crippen molar-refractivity contribution in [2.24, 2.45) is 5.73 Å². The summed E-state index contributed by atoms with van der Waals surface area (Å²) in [6, 6.07) is 11.7. The third-order valence-electron chi connectivity index (χ3n) is 3.60. The highest BCUT2D eigenvalue weighted by Gasteiger charge is 2.18. The summed E-state index contributed by atoms with van der Waals surface area (Å²) in [6.45, 7) is 3.10. The van der Waals surface area contributed by atoms with Crippen LogP contribution in [0.15, 0.2) is 36.4 Å². The van der Waals surface area contributed by atoms with Gasteiger partial charge < -0.3 is 15.2 Å². The van der Waals surface area contributed by atoms with Crippen molar-refractivity contribution in [1.29, 1.82) is 0 Å². The highest BCUT2D eigenvalue weighted by atomic mass is 35.5. The van der Waals surface area contributed by atoms with Gasteiger partial charge in [-0.25, -0.2) is 0 Å². The maximum absolute atomic E-state index is 6.15. The molecular formula is C17H18ClNO2. The quantitative estimate of drug-likeness (QED) is 0.932. The van der Waals surface area contributed by atoms with E-state index in [1.54, 1.807) is 0 Å². The van der Waals surface area contributed by atoms with Crippen LogP contribution in [0.4, 0.5) is 0 Å². The Kier molecular flexibility index (Phi) is 4.04. The zero-order valence-corrected chi connectivity index (χ0v) is 12.7. The van der Waals surface area contributed by atoms with Crippen LogP contribution in [0.3, 0.4) is 0 Å². The van der Waals surface area contributed by atoms with Crippen molar-refractivity contribution in [2.75, 3.05) is 6.61 Å². The number of fused-ring (bicyclic) bond motifs is 1. The molecular weight excluding hydrogens is 286 g/mol. The summed E-state index contributed by atoms with van der Waals surface area (Å²) in [6.07, 6.45) is 0.906. The molecule has 0 aliphatic carbocycles. The Morgan fingerprint density at radius 3 is 3.00 bits per heavy atom. The van der Waals surface area contributed by atoms with Gasteiger partial charge in [-0.2, -0.15) is 0 Å². The second kappa shape index (κ2) is 5.96. The fourth-order valence-electron chi connectivity index (χ4n) is 2.50. The van der Waals surface area contributed by atoms with E-state index in [0.717, 1.165) is 39.6 Å². The average Bonchev–Trinajstić information content (AvgIpc) is 2.93. The van der Waals surface area contributed by atoms with Crippen LogP contribution in [0, 0.1) is 0 Å². The minimum atomic E-state index is -0.00713. The Morgan fingerprint density at radius 2 is 2.19 bits per heavy atom. The van der Waals surface area contributed by atoms with Gasteiger partial charge in [0.15, 0.2) is 0 Å². The van der Waals surface area contributed by atoms with Crippen LogP contribution >= 0.6 is 11.6 Å². The summed E-state index contributed by atoms with van der Waals surface area (Å²) in [7, 11) is 0. The number of halogens is 1. The number of hydrogen-bond donors (Lipinski definition) is 1. The molecule has 0 unspecified atom stereocenters. The van der Waals surface area contributed by atoms with Gasteiger partial charge in [0.05, 0.1) is 6.61 Å². The molecule has 0 saturated carbocycles. The van der Waals surface area contributed by atoms with Crippen LogP contribution in [-0.2, 0) is 13.0 Å². The standard InChI is InChI=1S/C17H18ClNO2/c1-11(19)12-3-2-4-16(9-12)21-10-14-8-15(18)7-13-5-6-20-17(13)14/h2-4,7-9,11H,5-6,10,19H2,1H3/t11-/m0/s1. The molecule has 0 radical (unpaired) electrons. The molecule has 0 bridgehead atoms.